The number of nitrogens with zero attached hydrogens (tertiary/aromatic N) is 3. The number of aryl methyl sites for hydroxylation is 1. The van der Waals surface area contributed by atoms with Gasteiger partial charge in [-0.2, -0.15) is 0 Å². The van der Waals surface area contributed by atoms with Crippen molar-refractivity contribution in [3.63, 3.8) is 0 Å². The first-order valence-electron chi connectivity index (χ1n) is 7.69. The van der Waals surface area contributed by atoms with E-state index < -0.39 is 0 Å². The van der Waals surface area contributed by atoms with E-state index in [0.29, 0.717) is 13.2 Å². The lowest BCUT2D eigenvalue weighted by molar-refractivity contribution is -0.696. The molecule has 118 valence electrons. The van der Waals surface area contributed by atoms with E-state index in [1.165, 1.54) is 0 Å². The summed E-state index contributed by atoms with van der Waals surface area (Å²) in [6, 6.07) is 5.85. The minimum Gasteiger partial charge on any atom is -0.489 e. The lowest BCUT2D eigenvalue weighted by atomic mass is 10.2. The van der Waals surface area contributed by atoms with Crippen LogP contribution >= 0.6 is 0 Å². The largest absolute Gasteiger partial charge is 0.489 e. The number of anilines is 2. The van der Waals surface area contributed by atoms with Crippen molar-refractivity contribution in [2.75, 3.05) is 36.9 Å². The summed E-state index contributed by atoms with van der Waals surface area (Å²) in [5.74, 6) is 0.882. The van der Waals surface area contributed by atoms with Crippen molar-refractivity contribution in [1.29, 1.82) is 0 Å². The molecule has 3 rings (SSSR count). The molecule has 1 aromatic carbocycles. The maximum atomic E-state index is 8.93. The second kappa shape index (κ2) is 6.70. The molecule has 1 aromatic heterocycles. The number of imidazole rings is 1. The number of aliphatic hydroxyl groups is 1. The number of rotatable bonds is 6. The Kier molecular flexibility index (Phi) is 4.48. The first kappa shape index (κ1) is 14.7. The minimum atomic E-state index is 0.169. The van der Waals surface area contributed by atoms with E-state index in [-0.39, 0.29) is 6.61 Å². The molecule has 6 nitrogen and oxygen atoms in total. The zero-order valence-electron chi connectivity index (χ0n) is 12.7. The summed E-state index contributed by atoms with van der Waals surface area (Å²) >= 11 is 0. The van der Waals surface area contributed by atoms with Crippen molar-refractivity contribution in [2.24, 2.45) is 0 Å². The van der Waals surface area contributed by atoms with Crippen LogP contribution in [-0.4, -0.2) is 36.0 Å². The number of nitrogens with two attached hydrogens (primary N) is 1. The Bertz CT molecular complexity index is 626. The first-order chi connectivity index (χ1) is 10.8. The van der Waals surface area contributed by atoms with Crippen LogP contribution in [-0.2, 0) is 13.1 Å². The van der Waals surface area contributed by atoms with Crippen LogP contribution in [0.5, 0.6) is 5.75 Å². The minimum absolute atomic E-state index is 0.169. The zero-order valence-corrected chi connectivity index (χ0v) is 12.7. The fourth-order valence-corrected chi connectivity index (χ4v) is 2.79. The van der Waals surface area contributed by atoms with Gasteiger partial charge in [-0.1, -0.05) is 0 Å². The molecule has 0 aliphatic carbocycles. The fourth-order valence-electron chi connectivity index (χ4n) is 2.79. The number of hydrogen-bond acceptors (Lipinski definition) is 4. The number of benzene rings is 1. The Morgan fingerprint density at radius 1 is 1.32 bits per heavy atom. The van der Waals surface area contributed by atoms with Gasteiger partial charge >= 0.3 is 0 Å². The van der Waals surface area contributed by atoms with Gasteiger partial charge in [0.25, 0.3) is 0 Å². The van der Waals surface area contributed by atoms with Crippen molar-refractivity contribution < 1.29 is 14.4 Å². The molecular weight excluding hydrogens is 280 g/mol. The van der Waals surface area contributed by atoms with Crippen molar-refractivity contribution >= 4 is 11.4 Å². The lowest BCUT2D eigenvalue weighted by Crippen LogP contribution is -2.37. The Morgan fingerprint density at radius 3 is 3.09 bits per heavy atom. The van der Waals surface area contributed by atoms with Gasteiger partial charge in [0.15, 0.2) is 0 Å². The maximum Gasteiger partial charge on any atom is 0.243 e. The summed E-state index contributed by atoms with van der Waals surface area (Å²) in [7, 11) is 0. The second-order valence-corrected chi connectivity index (χ2v) is 5.53. The van der Waals surface area contributed by atoms with Gasteiger partial charge in [-0.05, 0) is 12.1 Å². The van der Waals surface area contributed by atoms with E-state index in [2.05, 4.69) is 9.47 Å². The van der Waals surface area contributed by atoms with Crippen molar-refractivity contribution in [1.82, 2.24) is 4.57 Å². The molecule has 3 N–H and O–H groups in total. The third kappa shape index (κ3) is 3.33. The normalized spacial score (nSPS) is 13.8. The molecule has 2 aromatic rings. The summed E-state index contributed by atoms with van der Waals surface area (Å²) in [5, 5.41) is 8.93. The van der Waals surface area contributed by atoms with E-state index >= 15 is 0 Å². The lowest BCUT2D eigenvalue weighted by Gasteiger charge is -2.31. The van der Waals surface area contributed by atoms with Gasteiger partial charge < -0.3 is 20.5 Å². The molecule has 2 heterocycles. The SMILES string of the molecule is Nc1ccc2c(c1)OCCN2CCC[n+]1ccn(CCO)c1. The van der Waals surface area contributed by atoms with Crippen LogP contribution < -0.4 is 19.9 Å². The summed E-state index contributed by atoms with van der Waals surface area (Å²) in [4.78, 5) is 2.35. The molecule has 0 atom stereocenters. The topological polar surface area (TPSA) is 67.5 Å². The average molecular weight is 303 g/mol. The van der Waals surface area contributed by atoms with Crippen molar-refractivity contribution in [2.45, 2.75) is 19.5 Å². The Hall–Kier alpha value is -2.21. The molecule has 0 radical (unpaired) electrons. The summed E-state index contributed by atoms with van der Waals surface area (Å²) in [5.41, 5.74) is 7.67. The molecule has 0 unspecified atom stereocenters. The van der Waals surface area contributed by atoms with E-state index in [0.717, 1.165) is 43.2 Å². The van der Waals surface area contributed by atoms with Gasteiger partial charge in [0.1, 0.15) is 31.3 Å². The molecule has 0 saturated carbocycles. The van der Waals surface area contributed by atoms with Crippen LogP contribution in [0, 0.1) is 0 Å². The Balaban J connectivity index is 1.56. The van der Waals surface area contributed by atoms with E-state index in [1.807, 2.05) is 41.5 Å². The standard InChI is InChI=1S/C16H23N4O2/c17-14-2-3-15-16(12-14)22-11-9-20(15)5-1-4-18-6-7-19(13-18)8-10-21/h2-3,6-7,12-13,21H,1,4-5,8-11,17H2/q+1. The van der Waals surface area contributed by atoms with Gasteiger partial charge in [0.05, 0.1) is 25.4 Å². The van der Waals surface area contributed by atoms with Gasteiger partial charge in [-0.15, -0.1) is 0 Å². The smallest absolute Gasteiger partial charge is 0.243 e. The van der Waals surface area contributed by atoms with Gasteiger partial charge in [0.2, 0.25) is 6.33 Å². The highest BCUT2D eigenvalue weighted by atomic mass is 16.5. The number of hydrogen-bond donors (Lipinski definition) is 2. The van der Waals surface area contributed by atoms with Gasteiger partial charge in [0, 0.05) is 24.7 Å². The average Bonchev–Trinajstić information content (AvgIpc) is 2.95. The molecular formula is C16H23N4O2+. The molecule has 0 amide bonds. The Labute approximate surface area is 130 Å². The third-order valence-corrected chi connectivity index (χ3v) is 3.89. The molecule has 0 bridgehead atoms. The molecule has 1 aliphatic rings. The number of fused-ring (bicyclic) bond motifs is 1. The molecule has 0 fully saturated rings. The molecule has 1 aliphatic heterocycles. The van der Waals surface area contributed by atoms with Gasteiger partial charge in [-0.25, -0.2) is 9.13 Å². The summed E-state index contributed by atoms with van der Waals surface area (Å²) in [6.07, 6.45) is 7.12. The first-order valence-corrected chi connectivity index (χ1v) is 7.69. The highest BCUT2D eigenvalue weighted by Crippen LogP contribution is 2.33. The highest BCUT2D eigenvalue weighted by molar-refractivity contribution is 5.64. The van der Waals surface area contributed by atoms with Crippen LogP contribution in [0.25, 0.3) is 0 Å². The van der Waals surface area contributed by atoms with Gasteiger partial charge in [-0.3, -0.25) is 0 Å². The molecule has 22 heavy (non-hydrogen) atoms. The van der Waals surface area contributed by atoms with Crippen LogP contribution in [0.2, 0.25) is 0 Å². The van der Waals surface area contributed by atoms with Crippen molar-refractivity contribution in [3.8, 4) is 5.75 Å². The van der Waals surface area contributed by atoms with Crippen LogP contribution in [0.4, 0.5) is 11.4 Å². The predicted molar refractivity (Wildman–Crippen MR) is 84.9 cm³/mol. The van der Waals surface area contributed by atoms with Crippen LogP contribution in [0.1, 0.15) is 6.42 Å². The van der Waals surface area contributed by atoms with Crippen LogP contribution in [0.3, 0.4) is 0 Å². The number of aromatic nitrogens is 2. The summed E-state index contributed by atoms with van der Waals surface area (Å²) in [6.45, 7) is 4.37. The van der Waals surface area contributed by atoms with E-state index in [9.17, 15) is 0 Å². The maximum absolute atomic E-state index is 8.93. The highest BCUT2D eigenvalue weighted by Gasteiger charge is 2.18. The molecule has 0 saturated heterocycles. The van der Waals surface area contributed by atoms with Crippen LogP contribution in [0.15, 0.2) is 36.9 Å². The number of aliphatic hydroxyl groups excluding tert-OH is 1. The van der Waals surface area contributed by atoms with E-state index in [1.54, 1.807) is 0 Å². The number of ether oxygens (including phenoxy) is 1. The predicted octanol–water partition coefficient (Wildman–Crippen LogP) is 0.639. The quantitative estimate of drug-likeness (QED) is 0.607. The third-order valence-electron chi connectivity index (χ3n) is 3.89. The second-order valence-electron chi connectivity index (χ2n) is 5.53. The number of nitrogen functional groups attached to an aromatic ring is 1. The molecule has 6 heteroatoms. The Morgan fingerprint density at radius 2 is 2.23 bits per heavy atom. The van der Waals surface area contributed by atoms with E-state index in [4.69, 9.17) is 15.6 Å². The zero-order chi connectivity index (χ0) is 15.4. The van der Waals surface area contributed by atoms with Crippen molar-refractivity contribution in [3.05, 3.63) is 36.9 Å². The monoisotopic (exact) mass is 303 g/mol. The summed E-state index contributed by atoms with van der Waals surface area (Å²) < 4.78 is 9.82. The fraction of sp³-hybridized carbons (Fsp3) is 0.438. The molecule has 0 spiro atoms.